The molecule has 0 aliphatic carbocycles. The van der Waals surface area contributed by atoms with Crippen molar-refractivity contribution in [1.29, 1.82) is 0 Å². The van der Waals surface area contributed by atoms with Gasteiger partial charge in [0, 0.05) is 25.4 Å². The maximum absolute atomic E-state index is 5.61. The Morgan fingerprint density at radius 1 is 1.41 bits per heavy atom. The van der Waals surface area contributed by atoms with Crippen LogP contribution in [0.25, 0.3) is 0 Å². The van der Waals surface area contributed by atoms with Crippen LogP contribution in [-0.4, -0.2) is 21.5 Å². The number of hydrogen-bond acceptors (Lipinski definition) is 4. The molecule has 90 valence electrons. The fourth-order valence-corrected chi connectivity index (χ4v) is 1.99. The van der Waals surface area contributed by atoms with E-state index in [4.69, 9.17) is 5.73 Å². The molecule has 0 aromatic carbocycles. The van der Waals surface area contributed by atoms with Crippen molar-refractivity contribution < 1.29 is 0 Å². The van der Waals surface area contributed by atoms with Gasteiger partial charge in [0.25, 0.3) is 0 Å². The number of aromatic nitrogens is 3. The first-order valence-corrected chi connectivity index (χ1v) is 6.18. The van der Waals surface area contributed by atoms with E-state index in [2.05, 4.69) is 36.2 Å². The number of nitrogens with two attached hydrogens (primary N) is 1. The van der Waals surface area contributed by atoms with E-state index in [1.54, 1.807) is 12.4 Å². The van der Waals surface area contributed by atoms with E-state index >= 15 is 0 Å². The van der Waals surface area contributed by atoms with Crippen LogP contribution in [0.5, 0.6) is 0 Å². The number of nitrogen functional groups attached to an aromatic ring is 1. The Labute approximate surface area is 108 Å². The lowest BCUT2D eigenvalue weighted by molar-refractivity contribution is 0.813. The summed E-state index contributed by atoms with van der Waals surface area (Å²) in [7, 11) is 0. The molecule has 0 fully saturated rings. The lowest BCUT2D eigenvalue weighted by Crippen LogP contribution is -2.06. The van der Waals surface area contributed by atoms with Crippen molar-refractivity contribution in [1.82, 2.24) is 15.0 Å². The number of H-pyrrole nitrogens is 1. The third kappa shape index (κ3) is 3.45. The Kier molecular flexibility index (Phi) is 3.98. The number of pyridine rings is 1. The molecule has 5 nitrogen and oxygen atoms in total. The minimum absolute atomic E-state index is 0.651. The van der Waals surface area contributed by atoms with Crippen LogP contribution in [0.1, 0.15) is 12.2 Å². The zero-order valence-electron chi connectivity index (χ0n) is 9.28. The van der Waals surface area contributed by atoms with E-state index in [9.17, 15) is 0 Å². The van der Waals surface area contributed by atoms with Gasteiger partial charge in [-0.2, -0.15) is 0 Å². The smallest absolute Gasteiger partial charge is 0.140 e. The average molecular weight is 296 g/mol. The van der Waals surface area contributed by atoms with Crippen molar-refractivity contribution in [2.24, 2.45) is 0 Å². The zero-order chi connectivity index (χ0) is 12.1. The molecule has 0 saturated carbocycles. The quantitative estimate of drug-likeness (QED) is 0.739. The van der Waals surface area contributed by atoms with Crippen LogP contribution in [-0.2, 0) is 6.42 Å². The Hall–Kier alpha value is -1.56. The molecule has 0 aliphatic rings. The predicted molar refractivity (Wildman–Crippen MR) is 71.7 cm³/mol. The normalized spacial score (nSPS) is 10.4. The van der Waals surface area contributed by atoms with Gasteiger partial charge in [0.05, 0.1) is 16.4 Å². The van der Waals surface area contributed by atoms with Crippen molar-refractivity contribution in [2.75, 3.05) is 17.6 Å². The van der Waals surface area contributed by atoms with Gasteiger partial charge in [0.2, 0.25) is 0 Å². The molecule has 2 aromatic heterocycles. The van der Waals surface area contributed by atoms with Gasteiger partial charge in [-0.1, -0.05) is 0 Å². The number of rotatable bonds is 5. The number of nitrogens with zero attached hydrogens (tertiary/aromatic N) is 2. The van der Waals surface area contributed by atoms with Crippen molar-refractivity contribution in [2.45, 2.75) is 12.8 Å². The van der Waals surface area contributed by atoms with Crippen molar-refractivity contribution in [3.8, 4) is 0 Å². The van der Waals surface area contributed by atoms with E-state index in [-0.39, 0.29) is 0 Å². The highest BCUT2D eigenvalue weighted by Crippen LogP contribution is 2.21. The van der Waals surface area contributed by atoms with Crippen LogP contribution in [0.2, 0.25) is 0 Å². The number of imidazole rings is 1. The largest absolute Gasteiger partial charge is 0.397 e. The maximum atomic E-state index is 5.61. The Morgan fingerprint density at radius 3 is 3.00 bits per heavy atom. The molecule has 0 unspecified atom stereocenters. The van der Waals surface area contributed by atoms with Gasteiger partial charge in [0.15, 0.2) is 0 Å². The van der Waals surface area contributed by atoms with E-state index in [1.165, 1.54) is 0 Å². The molecular weight excluding hydrogens is 282 g/mol. The molecule has 4 N–H and O–H groups in total. The summed E-state index contributed by atoms with van der Waals surface area (Å²) in [6.07, 6.45) is 7.15. The fourth-order valence-electron chi connectivity index (χ4n) is 1.48. The molecule has 2 heterocycles. The maximum Gasteiger partial charge on any atom is 0.140 e. The first-order chi connectivity index (χ1) is 8.25. The number of aromatic amines is 1. The average Bonchev–Trinajstić information content (AvgIpc) is 2.79. The molecule has 0 spiro atoms. The summed E-state index contributed by atoms with van der Waals surface area (Å²) in [6.45, 7) is 0.843. The molecule has 0 saturated heterocycles. The van der Waals surface area contributed by atoms with Crippen molar-refractivity contribution in [3.63, 3.8) is 0 Å². The highest BCUT2D eigenvalue weighted by molar-refractivity contribution is 9.10. The highest BCUT2D eigenvalue weighted by Gasteiger charge is 2.01. The molecule has 0 bridgehead atoms. The summed E-state index contributed by atoms with van der Waals surface area (Å²) in [4.78, 5) is 11.4. The van der Waals surface area contributed by atoms with Crippen LogP contribution >= 0.6 is 15.9 Å². The number of aryl methyl sites for hydroxylation is 1. The standard InChI is InChI=1S/C11H14BrN5/c12-9-6-8(13)7-17-11(9)16-3-1-2-10-14-4-5-15-10/h4-7H,1-3,13H2,(H,14,15)(H,16,17). The molecule has 6 heteroatoms. The monoisotopic (exact) mass is 295 g/mol. The minimum atomic E-state index is 0.651. The minimum Gasteiger partial charge on any atom is -0.397 e. The molecule has 2 aromatic rings. The van der Waals surface area contributed by atoms with Gasteiger partial charge in [-0.15, -0.1) is 0 Å². The molecule has 0 aliphatic heterocycles. The number of nitrogens with one attached hydrogen (secondary N) is 2. The Bertz CT molecular complexity index is 469. The van der Waals surface area contributed by atoms with E-state index in [1.807, 2.05) is 12.3 Å². The Morgan fingerprint density at radius 2 is 2.29 bits per heavy atom. The fraction of sp³-hybridized carbons (Fsp3) is 0.273. The summed E-state index contributed by atoms with van der Waals surface area (Å²) in [6, 6.07) is 1.84. The van der Waals surface area contributed by atoms with Gasteiger partial charge in [-0.05, 0) is 28.4 Å². The second kappa shape index (κ2) is 5.67. The van der Waals surface area contributed by atoms with Gasteiger partial charge in [0.1, 0.15) is 11.6 Å². The topological polar surface area (TPSA) is 79.6 Å². The molecule has 0 radical (unpaired) electrons. The summed E-state index contributed by atoms with van der Waals surface area (Å²) in [5.74, 6) is 1.83. The van der Waals surface area contributed by atoms with Crippen molar-refractivity contribution in [3.05, 3.63) is 35.0 Å². The third-order valence-electron chi connectivity index (χ3n) is 2.30. The van der Waals surface area contributed by atoms with Gasteiger partial charge < -0.3 is 16.0 Å². The van der Waals surface area contributed by atoms with Gasteiger partial charge in [-0.25, -0.2) is 9.97 Å². The lowest BCUT2D eigenvalue weighted by Gasteiger charge is -2.07. The van der Waals surface area contributed by atoms with Crippen molar-refractivity contribution >= 4 is 27.4 Å². The highest BCUT2D eigenvalue weighted by atomic mass is 79.9. The van der Waals surface area contributed by atoms with E-state index in [0.717, 1.165) is 35.5 Å². The SMILES string of the molecule is Nc1cnc(NCCCc2ncc[nH]2)c(Br)c1. The Balaban J connectivity index is 1.78. The molecule has 0 atom stereocenters. The molecule has 2 rings (SSSR count). The first kappa shape index (κ1) is 11.9. The summed E-state index contributed by atoms with van der Waals surface area (Å²) in [5, 5.41) is 3.25. The third-order valence-corrected chi connectivity index (χ3v) is 2.90. The van der Waals surface area contributed by atoms with Crippen LogP contribution in [0.4, 0.5) is 11.5 Å². The predicted octanol–water partition coefficient (Wildman–Crippen LogP) is 2.19. The lowest BCUT2D eigenvalue weighted by atomic mass is 10.3. The van der Waals surface area contributed by atoms with Crippen LogP contribution in [0, 0.1) is 0 Å². The summed E-state index contributed by atoms with van der Waals surface area (Å²) in [5.41, 5.74) is 6.26. The first-order valence-electron chi connectivity index (χ1n) is 5.39. The number of anilines is 2. The summed E-state index contributed by atoms with van der Waals surface area (Å²) >= 11 is 3.41. The van der Waals surface area contributed by atoms with Crippen LogP contribution in [0.3, 0.4) is 0 Å². The summed E-state index contributed by atoms with van der Waals surface area (Å²) < 4.78 is 0.885. The second-order valence-electron chi connectivity index (χ2n) is 3.67. The second-order valence-corrected chi connectivity index (χ2v) is 4.52. The molecular formula is C11H14BrN5. The molecule has 17 heavy (non-hydrogen) atoms. The van der Waals surface area contributed by atoms with Crippen LogP contribution in [0.15, 0.2) is 29.1 Å². The zero-order valence-corrected chi connectivity index (χ0v) is 10.9. The number of halogens is 1. The van der Waals surface area contributed by atoms with E-state index in [0.29, 0.717) is 5.69 Å². The van der Waals surface area contributed by atoms with E-state index < -0.39 is 0 Å². The van der Waals surface area contributed by atoms with Gasteiger partial charge in [-0.3, -0.25) is 0 Å². The van der Waals surface area contributed by atoms with Crippen LogP contribution < -0.4 is 11.1 Å². The number of hydrogen-bond donors (Lipinski definition) is 3. The van der Waals surface area contributed by atoms with Gasteiger partial charge >= 0.3 is 0 Å². The molecule has 0 amide bonds.